The fraction of sp³-hybridized carbons (Fsp3) is 0. The van der Waals surface area contributed by atoms with Crippen molar-refractivity contribution in [3.63, 3.8) is 0 Å². The van der Waals surface area contributed by atoms with E-state index in [0.717, 1.165) is 66.5 Å². The minimum atomic E-state index is 0.843. The molecule has 13 rings (SSSR count). The topological polar surface area (TPSA) is 31.0 Å². The molecular formula is C59H36N2O. The summed E-state index contributed by atoms with van der Waals surface area (Å²) < 4.78 is 8.99. The van der Waals surface area contributed by atoms with Crippen LogP contribution in [0.15, 0.2) is 223 Å². The number of pyridine rings is 1. The Kier molecular flexibility index (Phi) is 7.60. The van der Waals surface area contributed by atoms with Crippen LogP contribution in [0.25, 0.3) is 127 Å². The van der Waals surface area contributed by atoms with Crippen molar-refractivity contribution in [2.75, 3.05) is 0 Å². The van der Waals surface area contributed by atoms with Crippen LogP contribution >= 0.6 is 0 Å². The first kappa shape index (κ1) is 34.6. The summed E-state index contributed by atoms with van der Waals surface area (Å²) in [4.78, 5) is 5.42. The van der Waals surface area contributed by atoms with E-state index in [1.165, 1.54) is 60.0 Å². The summed E-state index contributed by atoms with van der Waals surface area (Å²) in [5, 5.41) is 10.6. The Labute approximate surface area is 357 Å². The number of nitrogens with zero attached hydrogens (tertiary/aromatic N) is 2. The lowest BCUT2D eigenvalue weighted by molar-refractivity contribution is 0.669. The molecule has 62 heavy (non-hydrogen) atoms. The first-order valence-electron chi connectivity index (χ1n) is 21.2. The molecule has 13 aromatic rings. The van der Waals surface area contributed by atoms with Crippen LogP contribution < -0.4 is 0 Å². The Balaban J connectivity index is 1.03. The second-order valence-electron chi connectivity index (χ2n) is 16.2. The molecule has 3 heterocycles. The normalized spacial score (nSPS) is 11.9. The predicted octanol–water partition coefficient (Wildman–Crippen LogP) is 16.2. The van der Waals surface area contributed by atoms with Crippen LogP contribution in [0.4, 0.5) is 0 Å². The van der Waals surface area contributed by atoms with E-state index in [1.54, 1.807) is 0 Å². The molecule has 288 valence electrons. The Morgan fingerprint density at radius 3 is 1.66 bits per heavy atom. The molecule has 0 aliphatic heterocycles. The second kappa shape index (κ2) is 13.6. The average molecular weight is 789 g/mol. The van der Waals surface area contributed by atoms with Gasteiger partial charge in [-0.3, -0.25) is 0 Å². The number of fused-ring (bicyclic) bond motifs is 9. The summed E-state index contributed by atoms with van der Waals surface area (Å²) in [6.07, 6.45) is 0. The summed E-state index contributed by atoms with van der Waals surface area (Å²) in [7, 11) is 0. The molecule has 3 heteroatoms. The zero-order valence-electron chi connectivity index (χ0n) is 33.6. The lowest BCUT2D eigenvalue weighted by Crippen LogP contribution is -1.94. The molecule has 0 bridgehead atoms. The van der Waals surface area contributed by atoms with Crippen molar-refractivity contribution in [1.29, 1.82) is 0 Å². The van der Waals surface area contributed by atoms with Crippen molar-refractivity contribution in [1.82, 2.24) is 9.55 Å². The van der Waals surface area contributed by atoms with E-state index in [-0.39, 0.29) is 0 Å². The van der Waals surface area contributed by atoms with E-state index in [0.29, 0.717) is 0 Å². The molecule has 0 saturated heterocycles. The van der Waals surface area contributed by atoms with E-state index in [1.807, 2.05) is 0 Å². The monoisotopic (exact) mass is 788 g/mol. The lowest BCUT2D eigenvalue weighted by atomic mass is 9.84. The van der Waals surface area contributed by atoms with E-state index in [9.17, 15) is 0 Å². The molecule has 3 aromatic heterocycles. The SMILES string of the molecule is c1ccc(-c2c3ccccc3c(-c3cc(-c4cccc5oc6ccc(-c7ccc8c(c7)c7ccccc7n8-c7ccccc7)cc6c45)nc4ccccc34)c3ccccc23)cc1. The molecular weight excluding hydrogens is 753 g/mol. The van der Waals surface area contributed by atoms with Crippen LogP contribution in [0, 0.1) is 0 Å². The number of rotatable bonds is 5. The number of aromatic nitrogens is 2. The van der Waals surface area contributed by atoms with E-state index in [2.05, 4.69) is 223 Å². The van der Waals surface area contributed by atoms with E-state index in [4.69, 9.17) is 9.40 Å². The fourth-order valence-corrected chi connectivity index (χ4v) is 10.1. The largest absolute Gasteiger partial charge is 0.456 e. The van der Waals surface area contributed by atoms with Crippen LogP contribution in [0.3, 0.4) is 0 Å². The molecule has 0 aliphatic rings. The van der Waals surface area contributed by atoms with Crippen molar-refractivity contribution in [2.24, 2.45) is 0 Å². The van der Waals surface area contributed by atoms with Gasteiger partial charge in [0.1, 0.15) is 11.2 Å². The van der Waals surface area contributed by atoms with Gasteiger partial charge < -0.3 is 8.98 Å². The third kappa shape index (κ3) is 5.22. The average Bonchev–Trinajstić information content (AvgIpc) is 3.89. The van der Waals surface area contributed by atoms with Crippen LogP contribution in [0.5, 0.6) is 0 Å². The van der Waals surface area contributed by atoms with Gasteiger partial charge in [-0.05, 0) is 116 Å². The number of benzene rings is 10. The van der Waals surface area contributed by atoms with E-state index < -0.39 is 0 Å². The van der Waals surface area contributed by atoms with Crippen LogP contribution in [0.1, 0.15) is 0 Å². The second-order valence-corrected chi connectivity index (χ2v) is 16.2. The third-order valence-electron chi connectivity index (χ3n) is 12.8. The first-order chi connectivity index (χ1) is 30.8. The van der Waals surface area contributed by atoms with Gasteiger partial charge in [0.25, 0.3) is 0 Å². The highest BCUT2D eigenvalue weighted by atomic mass is 16.3. The zero-order valence-corrected chi connectivity index (χ0v) is 33.6. The molecule has 3 nitrogen and oxygen atoms in total. The van der Waals surface area contributed by atoms with Gasteiger partial charge >= 0.3 is 0 Å². The van der Waals surface area contributed by atoms with Crippen molar-refractivity contribution >= 4 is 76.2 Å². The smallest absolute Gasteiger partial charge is 0.136 e. The minimum absolute atomic E-state index is 0.843. The Hall–Kier alpha value is -8.27. The Morgan fingerprint density at radius 1 is 0.339 bits per heavy atom. The molecule has 0 atom stereocenters. The summed E-state index contributed by atoms with van der Waals surface area (Å²) in [6, 6.07) is 78.5. The van der Waals surface area contributed by atoms with Gasteiger partial charge in [0.2, 0.25) is 0 Å². The standard InChI is InChI=1S/C59H36N2O/c1-3-16-37(17-4-1)57-43-22-7-9-24-45(43)58(46-25-10-8-23-44(46)57)49-36-52(60-51-27-13-11-20-41(49)51)47-26-15-29-56-59(47)50-35-39(31-33-55(50)62-56)38-30-32-54-48(34-38)42-21-12-14-28-53(42)61(54)40-18-5-2-6-19-40/h1-36H. The molecule has 0 saturated carbocycles. The number of furan rings is 1. The maximum atomic E-state index is 6.63. The number of para-hydroxylation sites is 3. The van der Waals surface area contributed by atoms with Gasteiger partial charge in [-0.1, -0.05) is 158 Å². The zero-order chi connectivity index (χ0) is 40.7. The Morgan fingerprint density at radius 2 is 0.919 bits per heavy atom. The number of hydrogen-bond acceptors (Lipinski definition) is 2. The van der Waals surface area contributed by atoms with Gasteiger partial charge in [-0.15, -0.1) is 0 Å². The Bertz CT molecular complexity index is 3860. The number of hydrogen-bond donors (Lipinski definition) is 0. The third-order valence-corrected chi connectivity index (χ3v) is 12.8. The van der Waals surface area contributed by atoms with Gasteiger partial charge in [0, 0.05) is 38.2 Å². The maximum Gasteiger partial charge on any atom is 0.136 e. The molecule has 0 N–H and O–H groups in total. The van der Waals surface area contributed by atoms with Gasteiger partial charge in [0.05, 0.1) is 22.2 Å². The molecule has 10 aromatic carbocycles. The molecule has 0 amide bonds. The van der Waals surface area contributed by atoms with Gasteiger partial charge in [-0.25, -0.2) is 4.98 Å². The van der Waals surface area contributed by atoms with Gasteiger partial charge in [0.15, 0.2) is 0 Å². The van der Waals surface area contributed by atoms with Crippen molar-refractivity contribution in [3.05, 3.63) is 218 Å². The van der Waals surface area contributed by atoms with Crippen molar-refractivity contribution in [2.45, 2.75) is 0 Å². The summed E-state index contributed by atoms with van der Waals surface area (Å²) in [5.74, 6) is 0. The van der Waals surface area contributed by atoms with Gasteiger partial charge in [-0.2, -0.15) is 0 Å². The molecule has 0 aliphatic carbocycles. The summed E-state index contributed by atoms with van der Waals surface area (Å²) in [5.41, 5.74) is 15.3. The first-order valence-corrected chi connectivity index (χ1v) is 21.2. The highest BCUT2D eigenvalue weighted by Gasteiger charge is 2.21. The van der Waals surface area contributed by atoms with Crippen molar-refractivity contribution < 1.29 is 4.42 Å². The van der Waals surface area contributed by atoms with Crippen molar-refractivity contribution in [3.8, 4) is 50.3 Å². The molecule has 0 unspecified atom stereocenters. The minimum Gasteiger partial charge on any atom is -0.456 e. The lowest BCUT2D eigenvalue weighted by Gasteiger charge is -2.19. The molecule has 0 fully saturated rings. The van der Waals surface area contributed by atoms with Crippen LogP contribution in [-0.4, -0.2) is 9.55 Å². The summed E-state index contributed by atoms with van der Waals surface area (Å²) in [6.45, 7) is 0. The van der Waals surface area contributed by atoms with Crippen LogP contribution in [0.2, 0.25) is 0 Å². The molecule has 0 radical (unpaired) electrons. The molecule has 0 spiro atoms. The summed E-state index contributed by atoms with van der Waals surface area (Å²) >= 11 is 0. The van der Waals surface area contributed by atoms with Crippen LogP contribution in [-0.2, 0) is 0 Å². The maximum absolute atomic E-state index is 6.63. The van der Waals surface area contributed by atoms with E-state index >= 15 is 0 Å². The fourth-order valence-electron chi connectivity index (χ4n) is 10.1. The predicted molar refractivity (Wildman–Crippen MR) is 260 cm³/mol. The highest BCUT2D eigenvalue weighted by Crippen LogP contribution is 2.47. The highest BCUT2D eigenvalue weighted by molar-refractivity contribution is 6.24. The quantitative estimate of drug-likeness (QED) is 0.163.